The third kappa shape index (κ3) is 2.54. The maximum absolute atomic E-state index is 11.8. The zero-order chi connectivity index (χ0) is 13.0. The van der Waals surface area contributed by atoms with E-state index in [0.717, 1.165) is 7.11 Å². The summed E-state index contributed by atoms with van der Waals surface area (Å²) in [6.07, 6.45) is 0. The van der Waals surface area contributed by atoms with E-state index in [-0.39, 0.29) is 11.3 Å². The quantitative estimate of drug-likeness (QED) is 0.150. The monoisotopic (exact) mass is 235 g/mol. The van der Waals surface area contributed by atoms with E-state index in [1.165, 1.54) is 24.3 Å². The predicted molar refractivity (Wildman–Crippen MR) is 58.6 cm³/mol. The molecule has 1 aromatic rings. The molecule has 1 rings (SSSR count). The minimum absolute atomic E-state index is 0.187. The third-order valence-electron chi connectivity index (χ3n) is 2.05. The van der Waals surface area contributed by atoms with Gasteiger partial charge in [-0.25, -0.2) is 4.79 Å². The molecule has 88 valence electrons. The molecule has 0 heterocycles. The number of hydrogen-bond donors (Lipinski definition) is 0. The van der Waals surface area contributed by atoms with Crippen LogP contribution in [-0.2, 0) is 9.53 Å². The molecule has 0 N–H and O–H groups in total. The average molecular weight is 235 g/mol. The normalized spacial score (nSPS) is 9.47. The van der Waals surface area contributed by atoms with E-state index in [9.17, 15) is 19.7 Å². The standard InChI is InChI=1S/C11H9NO5/c1-7(11(14)17-2)10(13)8-5-3-4-6-9(8)12(15)16/h3-6H,1H2,2H3. The highest BCUT2D eigenvalue weighted by Crippen LogP contribution is 2.20. The highest BCUT2D eigenvalue weighted by molar-refractivity contribution is 6.24. The van der Waals surface area contributed by atoms with Crippen molar-refractivity contribution >= 4 is 17.4 Å². The Kier molecular flexibility index (Phi) is 3.71. The first kappa shape index (κ1) is 12.6. The van der Waals surface area contributed by atoms with Gasteiger partial charge in [-0.15, -0.1) is 0 Å². The molecule has 0 unspecified atom stereocenters. The van der Waals surface area contributed by atoms with Gasteiger partial charge in [0.05, 0.1) is 12.0 Å². The number of methoxy groups -OCH3 is 1. The number of carbonyl (C=O) groups is 2. The molecule has 1 aromatic carbocycles. The van der Waals surface area contributed by atoms with E-state index in [0.29, 0.717) is 0 Å². The van der Waals surface area contributed by atoms with Crippen molar-refractivity contribution in [1.82, 2.24) is 0 Å². The van der Waals surface area contributed by atoms with Crippen LogP contribution in [0.4, 0.5) is 5.69 Å². The van der Waals surface area contributed by atoms with Crippen molar-refractivity contribution in [3.8, 4) is 0 Å². The zero-order valence-electron chi connectivity index (χ0n) is 9.00. The summed E-state index contributed by atoms with van der Waals surface area (Å²) in [6.45, 7) is 3.26. The van der Waals surface area contributed by atoms with Gasteiger partial charge in [0.1, 0.15) is 11.1 Å². The van der Waals surface area contributed by atoms with Crippen LogP contribution in [0.5, 0.6) is 0 Å². The van der Waals surface area contributed by atoms with E-state index in [1.54, 1.807) is 0 Å². The topological polar surface area (TPSA) is 86.5 Å². The van der Waals surface area contributed by atoms with Gasteiger partial charge in [-0.3, -0.25) is 14.9 Å². The number of nitro groups is 1. The first-order chi connectivity index (χ1) is 7.99. The summed E-state index contributed by atoms with van der Waals surface area (Å²) in [6, 6.07) is 5.33. The van der Waals surface area contributed by atoms with Crippen LogP contribution in [0.1, 0.15) is 10.4 Å². The van der Waals surface area contributed by atoms with Crippen molar-refractivity contribution in [3.05, 3.63) is 52.1 Å². The van der Waals surface area contributed by atoms with E-state index in [4.69, 9.17) is 0 Å². The predicted octanol–water partition coefficient (Wildman–Crippen LogP) is 1.51. The van der Waals surface area contributed by atoms with E-state index in [1.807, 2.05) is 0 Å². The third-order valence-corrected chi connectivity index (χ3v) is 2.05. The number of benzene rings is 1. The van der Waals surface area contributed by atoms with Gasteiger partial charge in [0.25, 0.3) is 5.69 Å². The Morgan fingerprint density at radius 1 is 1.35 bits per heavy atom. The number of hydrogen-bond acceptors (Lipinski definition) is 5. The number of ether oxygens (including phenoxy) is 1. The Labute approximate surface area is 96.7 Å². The number of Topliss-reactive ketones (excluding diaryl/α,β-unsaturated/α-hetero) is 1. The second-order valence-corrected chi connectivity index (χ2v) is 3.07. The minimum atomic E-state index is -0.909. The van der Waals surface area contributed by atoms with Gasteiger partial charge in [0, 0.05) is 6.07 Å². The number of ketones is 1. The van der Waals surface area contributed by atoms with Gasteiger partial charge in [-0.1, -0.05) is 18.7 Å². The van der Waals surface area contributed by atoms with E-state index >= 15 is 0 Å². The highest BCUT2D eigenvalue weighted by Gasteiger charge is 2.25. The lowest BCUT2D eigenvalue weighted by molar-refractivity contribution is -0.385. The summed E-state index contributed by atoms with van der Waals surface area (Å²) < 4.78 is 4.33. The zero-order valence-corrected chi connectivity index (χ0v) is 9.00. The molecule has 0 aromatic heterocycles. The summed E-state index contributed by atoms with van der Waals surface area (Å²) in [5, 5.41) is 10.7. The number of esters is 1. The summed E-state index contributed by atoms with van der Waals surface area (Å²) >= 11 is 0. The molecule has 0 aliphatic heterocycles. The van der Waals surface area contributed by atoms with E-state index < -0.39 is 22.2 Å². The van der Waals surface area contributed by atoms with Crippen LogP contribution in [0, 0.1) is 10.1 Å². The van der Waals surface area contributed by atoms with Crippen LogP contribution >= 0.6 is 0 Å². The largest absolute Gasteiger partial charge is 0.465 e. The van der Waals surface area contributed by atoms with Gasteiger partial charge in [0.2, 0.25) is 5.78 Å². The lowest BCUT2D eigenvalue weighted by Gasteiger charge is -2.03. The van der Waals surface area contributed by atoms with Crippen molar-refractivity contribution in [1.29, 1.82) is 0 Å². The Morgan fingerprint density at radius 3 is 2.47 bits per heavy atom. The number of rotatable bonds is 4. The van der Waals surface area contributed by atoms with E-state index in [2.05, 4.69) is 11.3 Å². The maximum atomic E-state index is 11.8. The highest BCUT2D eigenvalue weighted by atomic mass is 16.6. The fourth-order valence-corrected chi connectivity index (χ4v) is 1.20. The number of para-hydroxylation sites is 1. The van der Waals surface area contributed by atoms with Gasteiger partial charge in [0.15, 0.2) is 0 Å². The second-order valence-electron chi connectivity index (χ2n) is 3.07. The van der Waals surface area contributed by atoms with Crippen molar-refractivity contribution in [2.24, 2.45) is 0 Å². The molecular weight excluding hydrogens is 226 g/mol. The Balaban J connectivity index is 3.17. The van der Waals surface area contributed by atoms with Crippen LogP contribution < -0.4 is 0 Å². The molecule has 0 aliphatic carbocycles. The molecule has 0 amide bonds. The Bertz CT molecular complexity index is 506. The van der Waals surface area contributed by atoms with Crippen LogP contribution in [0.25, 0.3) is 0 Å². The SMILES string of the molecule is C=C(C(=O)OC)C(=O)c1ccccc1[N+](=O)[O-]. The minimum Gasteiger partial charge on any atom is -0.465 e. The molecule has 0 saturated carbocycles. The van der Waals surface area contributed by atoms with Crippen molar-refractivity contribution < 1.29 is 19.2 Å². The maximum Gasteiger partial charge on any atom is 0.341 e. The molecule has 0 radical (unpaired) electrons. The fraction of sp³-hybridized carbons (Fsp3) is 0.0909. The lowest BCUT2D eigenvalue weighted by Crippen LogP contribution is -2.14. The number of nitro benzene ring substituents is 1. The van der Waals surface area contributed by atoms with Crippen molar-refractivity contribution in [2.45, 2.75) is 0 Å². The lowest BCUT2D eigenvalue weighted by atomic mass is 10.0. The van der Waals surface area contributed by atoms with Crippen LogP contribution in [0.15, 0.2) is 36.4 Å². The molecule has 0 spiro atoms. The fourth-order valence-electron chi connectivity index (χ4n) is 1.20. The molecular formula is C11H9NO5. The van der Waals surface area contributed by atoms with Crippen molar-refractivity contribution in [3.63, 3.8) is 0 Å². The Morgan fingerprint density at radius 2 is 1.94 bits per heavy atom. The Hall–Kier alpha value is -2.50. The van der Waals surface area contributed by atoms with Crippen LogP contribution in [0.3, 0.4) is 0 Å². The van der Waals surface area contributed by atoms with Gasteiger partial charge in [-0.05, 0) is 6.07 Å². The van der Waals surface area contributed by atoms with Gasteiger partial charge < -0.3 is 4.74 Å². The summed E-state index contributed by atoms with van der Waals surface area (Å²) in [7, 11) is 1.10. The molecule has 17 heavy (non-hydrogen) atoms. The second kappa shape index (κ2) is 5.02. The molecule has 0 atom stereocenters. The molecule has 0 aliphatic rings. The molecule has 0 fully saturated rings. The van der Waals surface area contributed by atoms with Crippen molar-refractivity contribution in [2.75, 3.05) is 7.11 Å². The molecule has 0 bridgehead atoms. The molecule has 6 nitrogen and oxygen atoms in total. The van der Waals surface area contributed by atoms with Crippen LogP contribution in [-0.4, -0.2) is 23.8 Å². The van der Waals surface area contributed by atoms with Gasteiger partial charge in [-0.2, -0.15) is 0 Å². The summed E-state index contributed by atoms with van der Waals surface area (Å²) in [5.41, 5.74) is -1.00. The first-order valence-electron chi connectivity index (χ1n) is 4.54. The summed E-state index contributed by atoms with van der Waals surface area (Å²) in [4.78, 5) is 32.9. The summed E-state index contributed by atoms with van der Waals surface area (Å²) in [5.74, 6) is -1.72. The number of nitrogens with zero attached hydrogens (tertiary/aromatic N) is 1. The molecule has 6 heteroatoms. The van der Waals surface area contributed by atoms with Crippen LogP contribution in [0.2, 0.25) is 0 Å². The smallest absolute Gasteiger partial charge is 0.341 e. The molecule has 0 saturated heterocycles. The first-order valence-corrected chi connectivity index (χ1v) is 4.54. The van der Waals surface area contributed by atoms with Gasteiger partial charge >= 0.3 is 5.97 Å². The number of carbonyl (C=O) groups excluding carboxylic acids is 2. The average Bonchev–Trinajstić information content (AvgIpc) is 2.35.